The number of nitrogens with zero attached hydrogens (tertiary/aromatic N) is 1. The summed E-state index contributed by atoms with van der Waals surface area (Å²) in [5, 5.41) is 0. The van der Waals surface area contributed by atoms with Crippen molar-refractivity contribution < 1.29 is 9.18 Å². The maximum absolute atomic E-state index is 13.3. The Morgan fingerprint density at radius 1 is 1.41 bits per heavy atom. The fraction of sp³-hybridized carbons (Fsp3) is 0.500. The van der Waals surface area contributed by atoms with E-state index in [0.717, 1.165) is 6.54 Å². The van der Waals surface area contributed by atoms with E-state index < -0.39 is 0 Å². The largest absolute Gasteiger partial charge is 0.345 e. The summed E-state index contributed by atoms with van der Waals surface area (Å²) < 4.78 is 13.3. The van der Waals surface area contributed by atoms with Crippen LogP contribution in [-0.2, 0) is 11.2 Å². The summed E-state index contributed by atoms with van der Waals surface area (Å²) in [4.78, 5) is 13.6. The first-order valence-corrected chi connectivity index (χ1v) is 6.14. The summed E-state index contributed by atoms with van der Waals surface area (Å²) in [5.41, 5.74) is 0.626. The van der Waals surface area contributed by atoms with Gasteiger partial charge in [0.15, 0.2) is 0 Å². The van der Waals surface area contributed by atoms with Crippen molar-refractivity contribution in [1.82, 2.24) is 4.90 Å². The first-order chi connectivity index (χ1) is 8.16. The van der Waals surface area contributed by atoms with Gasteiger partial charge in [-0.2, -0.15) is 0 Å². The van der Waals surface area contributed by atoms with Crippen molar-refractivity contribution in [2.45, 2.75) is 25.7 Å². The predicted molar refractivity (Wildman–Crippen MR) is 65.1 cm³/mol. The van der Waals surface area contributed by atoms with Gasteiger partial charge in [-0.15, -0.1) is 0 Å². The van der Waals surface area contributed by atoms with Crippen LogP contribution in [0.3, 0.4) is 0 Å². The monoisotopic (exact) mass is 235 g/mol. The molecule has 0 aromatic heterocycles. The summed E-state index contributed by atoms with van der Waals surface area (Å²) in [7, 11) is 1.84. The molecule has 1 aromatic carbocycles. The molecule has 1 aliphatic rings. The van der Waals surface area contributed by atoms with Crippen molar-refractivity contribution in [3.63, 3.8) is 0 Å². The summed E-state index contributed by atoms with van der Waals surface area (Å²) >= 11 is 0. The fourth-order valence-electron chi connectivity index (χ4n) is 1.92. The Kier molecular flexibility index (Phi) is 3.77. The highest BCUT2D eigenvalue weighted by molar-refractivity contribution is 5.76. The molecule has 1 aliphatic carbocycles. The molecule has 1 fully saturated rings. The highest BCUT2D eigenvalue weighted by Gasteiger charge is 2.24. The van der Waals surface area contributed by atoms with Gasteiger partial charge < -0.3 is 4.90 Å². The van der Waals surface area contributed by atoms with Crippen LogP contribution in [0.4, 0.5) is 4.39 Å². The number of carbonyl (C=O) groups is 1. The molecule has 3 heteroatoms. The Morgan fingerprint density at radius 3 is 2.76 bits per heavy atom. The van der Waals surface area contributed by atoms with E-state index in [9.17, 15) is 9.18 Å². The van der Waals surface area contributed by atoms with E-state index in [1.165, 1.54) is 18.9 Å². The molecule has 0 heterocycles. The molecule has 0 unspecified atom stereocenters. The molecule has 2 rings (SSSR count). The van der Waals surface area contributed by atoms with Crippen LogP contribution in [0.1, 0.15) is 24.8 Å². The van der Waals surface area contributed by atoms with Crippen LogP contribution >= 0.6 is 0 Å². The van der Waals surface area contributed by atoms with Gasteiger partial charge >= 0.3 is 0 Å². The van der Waals surface area contributed by atoms with Crippen molar-refractivity contribution in [1.29, 1.82) is 0 Å². The second kappa shape index (κ2) is 5.30. The molecule has 1 saturated carbocycles. The molecule has 1 amide bonds. The number of benzene rings is 1. The van der Waals surface area contributed by atoms with Crippen LogP contribution in [-0.4, -0.2) is 24.4 Å². The van der Waals surface area contributed by atoms with E-state index in [1.807, 2.05) is 7.05 Å². The van der Waals surface area contributed by atoms with Crippen LogP contribution in [0.25, 0.3) is 0 Å². The lowest BCUT2D eigenvalue weighted by Gasteiger charge is -2.16. The topological polar surface area (TPSA) is 20.3 Å². The molecule has 0 saturated heterocycles. The van der Waals surface area contributed by atoms with Crippen LogP contribution in [0.5, 0.6) is 0 Å². The van der Waals surface area contributed by atoms with E-state index in [4.69, 9.17) is 0 Å². The van der Waals surface area contributed by atoms with Crippen molar-refractivity contribution in [3.8, 4) is 0 Å². The minimum Gasteiger partial charge on any atom is -0.345 e. The summed E-state index contributed by atoms with van der Waals surface area (Å²) in [6.07, 6.45) is 3.36. The Hall–Kier alpha value is -1.38. The van der Waals surface area contributed by atoms with Crippen LogP contribution < -0.4 is 0 Å². The number of hydrogen-bond acceptors (Lipinski definition) is 1. The summed E-state index contributed by atoms with van der Waals surface area (Å²) in [6, 6.07) is 6.65. The number of rotatable bonds is 5. The molecule has 0 radical (unpaired) electrons. The van der Waals surface area contributed by atoms with Gasteiger partial charge in [0.2, 0.25) is 5.91 Å². The van der Waals surface area contributed by atoms with Crippen molar-refractivity contribution >= 4 is 5.91 Å². The molecule has 0 bridgehead atoms. The summed E-state index contributed by atoms with van der Waals surface area (Å²) in [5.74, 6) is 0.600. The van der Waals surface area contributed by atoms with E-state index in [0.29, 0.717) is 24.3 Å². The molecule has 0 N–H and O–H groups in total. The Labute approximate surface area is 101 Å². The average Bonchev–Trinajstić information content (AvgIpc) is 3.11. The van der Waals surface area contributed by atoms with E-state index in [2.05, 4.69) is 0 Å². The first kappa shape index (κ1) is 12.1. The maximum Gasteiger partial charge on any atom is 0.222 e. The number of halogens is 1. The lowest BCUT2D eigenvalue weighted by molar-refractivity contribution is -0.130. The quantitative estimate of drug-likeness (QED) is 0.768. The Balaban J connectivity index is 1.80. The minimum atomic E-state index is -0.217. The Morgan fingerprint density at radius 2 is 2.12 bits per heavy atom. The standard InChI is InChI=1S/C14H18FNO/c1-16(10-11-6-7-11)14(17)9-8-12-4-2-3-5-13(12)15/h2-5,11H,6-10H2,1H3. The van der Waals surface area contributed by atoms with Gasteiger partial charge in [0, 0.05) is 20.0 Å². The smallest absolute Gasteiger partial charge is 0.222 e. The maximum atomic E-state index is 13.3. The predicted octanol–water partition coefficient (Wildman–Crippen LogP) is 2.63. The van der Waals surface area contributed by atoms with E-state index in [-0.39, 0.29) is 11.7 Å². The molecule has 0 atom stereocenters. The third kappa shape index (κ3) is 3.55. The summed E-state index contributed by atoms with van der Waals surface area (Å²) in [6.45, 7) is 0.857. The van der Waals surface area contributed by atoms with E-state index >= 15 is 0 Å². The third-order valence-corrected chi connectivity index (χ3v) is 3.22. The Bertz CT molecular complexity index is 401. The molecular weight excluding hydrogens is 217 g/mol. The number of carbonyl (C=O) groups excluding carboxylic acids is 1. The van der Waals surface area contributed by atoms with Crippen molar-refractivity contribution in [3.05, 3.63) is 35.6 Å². The highest BCUT2D eigenvalue weighted by atomic mass is 19.1. The average molecular weight is 235 g/mol. The molecular formula is C14H18FNO. The minimum absolute atomic E-state index is 0.111. The molecule has 0 spiro atoms. The second-order valence-electron chi connectivity index (χ2n) is 4.81. The van der Waals surface area contributed by atoms with Gasteiger partial charge in [0.25, 0.3) is 0 Å². The fourth-order valence-corrected chi connectivity index (χ4v) is 1.92. The van der Waals surface area contributed by atoms with Gasteiger partial charge in [0.05, 0.1) is 0 Å². The third-order valence-electron chi connectivity index (χ3n) is 3.22. The molecule has 92 valence electrons. The zero-order valence-corrected chi connectivity index (χ0v) is 10.2. The van der Waals surface area contributed by atoms with E-state index in [1.54, 1.807) is 23.1 Å². The lowest BCUT2D eigenvalue weighted by atomic mass is 10.1. The van der Waals surface area contributed by atoms with Gasteiger partial charge in [-0.1, -0.05) is 18.2 Å². The SMILES string of the molecule is CN(CC1CC1)C(=O)CCc1ccccc1F. The van der Waals surface area contributed by atoms with Gasteiger partial charge in [-0.05, 0) is 36.8 Å². The molecule has 2 nitrogen and oxygen atoms in total. The normalized spacial score (nSPS) is 14.7. The van der Waals surface area contributed by atoms with Gasteiger partial charge in [0.1, 0.15) is 5.82 Å². The zero-order chi connectivity index (χ0) is 12.3. The highest BCUT2D eigenvalue weighted by Crippen LogP contribution is 2.29. The molecule has 17 heavy (non-hydrogen) atoms. The van der Waals surface area contributed by atoms with Gasteiger partial charge in [-0.25, -0.2) is 4.39 Å². The lowest BCUT2D eigenvalue weighted by Crippen LogP contribution is -2.28. The van der Waals surface area contributed by atoms with Gasteiger partial charge in [-0.3, -0.25) is 4.79 Å². The van der Waals surface area contributed by atoms with Crippen molar-refractivity contribution in [2.75, 3.05) is 13.6 Å². The van der Waals surface area contributed by atoms with Crippen LogP contribution in [0, 0.1) is 11.7 Å². The molecule has 0 aliphatic heterocycles. The number of hydrogen-bond donors (Lipinski definition) is 0. The first-order valence-electron chi connectivity index (χ1n) is 6.14. The van der Waals surface area contributed by atoms with Crippen molar-refractivity contribution in [2.24, 2.45) is 5.92 Å². The second-order valence-corrected chi connectivity index (χ2v) is 4.81. The van der Waals surface area contributed by atoms with Crippen LogP contribution in [0.2, 0.25) is 0 Å². The zero-order valence-electron chi connectivity index (χ0n) is 10.2. The van der Waals surface area contributed by atoms with Crippen LogP contribution in [0.15, 0.2) is 24.3 Å². The molecule has 1 aromatic rings. The number of aryl methyl sites for hydroxylation is 1. The number of amides is 1.